The molecule has 3 rings (SSSR count). The van der Waals surface area contributed by atoms with E-state index in [-0.39, 0.29) is 25.1 Å². The van der Waals surface area contributed by atoms with Gasteiger partial charge in [-0.2, -0.15) is 0 Å². The van der Waals surface area contributed by atoms with Crippen molar-refractivity contribution in [1.29, 1.82) is 0 Å². The molecule has 30 heavy (non-hydrogen) atoms. The number of aliphatic hydroxyl groups excluding tert-OH is 1. The average Bonchev–Trinajstić information content (AvgIpc) is 3.32. The van der Waals surface area contributed by atoms with Gasteiger partial charge in [0.05, 0.1) is 18.7 Å². The van der Waals surface area contributed by atoms with Crippen LogP contribution in [0.25, 0.3) is 10.9 Å². The first kappa shape index (κ1) is 22.0. The number of fused-ring (bicyclic) bond motifs is 1. The van der Waals surface area contributed by atoms with Crippen molar-refractivity contribution in [2.75, 3.05) is 13.2 Å². The van der Waals surface area contributed by atoms with Crippen molar-refractivity contribution in [2.45, 2.75) is 44.6 Å². The first-order valence-corrected chi connectivity index (χ1v) is 9.92. The highest BCUT2D eigenvalue weighted by atomic mass is 19.1. The molecule has 0 aliphatic carbocycles. The normalized spacial score (nSPS) is 20.5. The molecule has 0 spiro atoms. The molecule has 2 atom stereocenters. The Morgan fingerprint density at radius 2 is 2.20 bits per heavy atom. The number of ether oxygens (including phenoxy) is 1. The fraction of sp³-hybridized carbons (Fsp3) is 0.409. The number of β-amino-alcohol motifs (C(OH)–C–C–N with tert-alkyl or cyclic N) is 1. The molecule has 0 saturated carbocycles. The first-order valence-electron chi connectivity index (χ1n) is 9.92. The van der Waals surface area contributed by atoms with Gasteiger partial charge in [0.25, 0.3) is 0 Å². The predicted octanol–water partition coefficient (Wildman–Crippen LogP) is 2.93. The number of carbonyl (C=O) groups is 1. The van der Waals surface area contributed by atoms with Gasteiger partial charge in [0, 0.05) is 29.1 Å². The van der Waals surface area contributed by atoms with Gasteiger partial charge in [0.15, 0.2) is 0 Å². The second kappa shape index (κ2) is 8.99. The Kier molecular flexibility index (Phi) is 6.60. The Bertz CT molecular complexity index is 966. The third kappa shape index (κ3) is 4.40. The standard InChI is InChI=1S/C22H27FN2O5/c1-3-5-6-14(4-2)13-30-21(27)25-12-16(26)10-20(25)22(28,29)18-11-24-19-9-15(23)7-8-17(18)19/h3,5-9,11,16,20,24,26,28-29H,4,10,12-13H2,1-2H3/b5-3-,14-6+. The lowest BCUT2D eigenvalue weighted by molar-refractivity contribution is -0.205. The summed E-state index contributed by atoms with van der Waals surface area (Å²) in [7, 11) is 0. The minimum atomic E-state index is -2.47. The van der Waals surface area contributed by atoms with E-state index in [2.05, 4.69) is 4.98 Å². The zero-order valence-electron chi connectivity index (χ0n) is 17.0. The number of benzene rings is 1. The van der Waals surface area contributed by atoms with Crippen LogP contribution in [0, 0.1) is 5.82 Å². The summed E-state index contributed by atoms with van der Waals surface area (Å²) in [6, 6.07) is 2.77. The maximum absolute atomic E-state index is 13.5. The van der Waals surface area contributed by atoms with Crippen molar-refractivity contribution in [3.05, 3.63) is 59.6 Å². The molecule has 8 heteroatoms. The van der Waals surface area contributed by atoms with Gasteiger partial charge < -0.3 is 25.0 Å². The molecule has 162 valence electrons. The molecular weight excluding hydrogens is 391 g/mol. The molecular formula is C22H27FN2O5. The number of allylic oxidation sites excluding steroid dienone is 3. The lowest BCUT2D eigenvalue weighted by Gasteiger charge is -2.34. The summed E-state index contributed by atoms with van der Waals surface area (Å²) in [4.78, 5) is 16.6. The SMILES string of the molecule is C/C=C\C=C(/CC)COC(=O)N1CC(O)CC1C(O)(O)c1c[nH]c2cc(F)ccc12. The number of hydrogen-bond acceptors (Lipinski definition) is 5. The molecule has 1 aromatic carbocycles. The molecule has 1 amide bonds. The fourth-order valence-electron chi connectivity index (χ4n) is 3.72. The number of likely N-dealkylation sites (tertiary alicyclic amines) is 1. The number of rotatable bonds is 6. The third-order valence-electron chi connectivity index (χ3n) is 5.38. The largest absolute Gasteiger partial charge is 0.445 e. The van der Waals surface area contributed by atoms with Crippen LogP contribution in [0.5, 0.6) is 0 Å². The van der Waals surface area contributed by atoms with Crippen LogP contribution in [0.15, 0.2) is 48.2 Å². The fourth-order valence-corrected chi connectivity index (χ4v) is 3.72. The number of halogens is 1. The lowest BCUT2D eigenvalue weighted by Crippen LogP contribution is -2.50. The van der Waals surface area contributed by atoms with E-state index in [0.29, 0.717) is 17.3 Å². The van der Waals surface area contributed by atoms with Crippen molar-refractivity contribution < 1.29 is 29.2 Å². The number of nitrogens with one attached hydrogen (secondary N) is 1. The third-order valence-corrected chi connectivity index (χ3v) is 5.38. The first-order chi connectivity index (χ1) is 14.3. The smallest absolute Gasteiger partial charge is 0.410 e. The van der Waals surface area contributed by atoms with Crippen molar-refractivity contribution in [1.82, 2.24) is 9.88 Å². The highest BCUT2D eigenvalue weighted by molar-refractivity contribution is 5.84. The van der Waals surface area contributed by atoms with E-state index >= 15 is 0 Å². The minimum Gasteiger partial charge on any atom is -0.445 e. The number of amides is 1. The second-order valence-corrected chi connectivity index (χ2v) is 7.43. The second-order valence-electron chi connectivity index (χ2n) is 7.43. The van der Waals surface area contributed by atoms with Gasteiger partial charge in [-0.15, -0.1) is 0 Å². The quantitative estimate of drug-likeness (QED) is 0.426. The average molecular weight is 418 g/mol. The molecule has 1 saturated heterocycles. The van der Waals surface area contributed by atoms with Crippen LogP contribution in [0.4, 0.5) is 9.18 Å². The summed E-state index contributed by atoms with van der Waals surface area (Å²) in [6.07, 6.45) is 5.93. The number of aliphatic hydroxyl groups is 3. The summed E-state index contributed by atoms with van der Waals surface area (Å²) in [5.41, 5.74) is 1.39. The van der Waals surface area contributed by atoms with E-state index in [1.165, 1.54) is 24.4 Å². The highest BCUT2D eigenvalue weighted by Gasteiger charge is 2.49. The number of nitrogens with zero attached hydrogens (tertiary/aromatic N) is 1. The Hall–Kier alpha value is -2.68. The van der Waals surface area contributed by atoms with Crippen LogP contribution in [-0.2, 0) is 10.5 Å². The molecule has 2 unspecified atom stereocenters. The van der Waals surface area contributed by atoms with Crippen molar-refractivity contribution in [3.63, 3.8) is 0 Å². The van der Waals surface area contributed by atoms with E-state index in [9.17, 15) is 24.5 Å². The van der Waals surface area contributed by atoms with Gasteiger partial charge in [-0.05, 0) is 37.1 Å². The molecule has 4 N–H and O–H groups in total. The molecule has 0 bridgehead atoms. The number of H-pyrrole nitrogens is 1. The number of aromatic nitrogens is 1. The van der Waals surface area contributed by atoms with Gasteiger partial charge in [0.2, 0.25) is 5.79 Å². The van der Waals surface area contributed by atoms with Crippen LogP contribution in [-0.4, -0.2) is 56.6 Å². The van der Waals surface area contributed by atoms with Gasteiger partial charge in [0.1, 0.15) is 12.4 Å². The molecule has 2 heterocycles. The topological polar surface area (TPSA) is 106 Å². The van der Waals surface area contributed by atoms with Crippen LogP contribution in [0.2, 0.25) is 0 Å². The van der Waals surface area contributed by atoms with Gasteiger partial charge in [-0.1, -0.05) is 25.2 Å². The van der Waals surface area contributed by atoms with E-state index in [1.54, 1.807) is 0 Å². The summed E-state index contributed by atoms with van der Waals surface area (Å²) in [5, 5.41) is 32.5. The molecule has 2 aromatic rings. The van der Waals surface area contributed by atoms with E-state index in [0.717, 1.165) is 10.5 Å². The molecule has 1 aliphatic heterocycles. The molecule has 0 radical (unpaired) electrons. The zero-order valence-corrected chi connectivity index (χ0v) is 17.0. The van der Waals surface area contributed by atoms with Crippen LogP contribution in [0.1, 0.15) is 32.3 Å². The van der Waals surface area contributed by atoms with Crippen molar-refractivity contribution in [2.24, 2.45) is 0 Å². The summed E-state index contributed by atoms with van der Waals surface area (Å²) in [5.74, 6) is -2.93. The maximum Gasteiger partial charge on any atom is 0.410 e. The maximum atomic E-state index is 13.5. The molecule has 1 aliphatic rings. The monoisotopic (exact) mass is 418 g/mol. The van der Waals surface area contributed by atoms with E-state index in [4.69, 9.17) is 4.74 Å². The van der Waals surface area contributed by atoms with Crippen molar-refractivity contribution >= 4 is 17.0 Å². The van der Waals surface area contributed by atoms with E-state index < -0.39 is 29.8 Å². The van der Waals surface area contributed by atoms with E-state index in [1.807, 2.05) is 32.1 Å². The van der Waals surface area contributed by atoms with Crippen LogP contribution >= 0.6 is 0 Å². The van der Waals surface area contributed by atoms with Crippen LogP contribution < -0.4 is 0 Å². The van der Waals surface area contributed by atoms with Gasteiger partial charge >= 0.3 is 6.09 Å². The number of hydrogen-bond donors (Lipinski definition) is 4. The Morgan fingerprint density at radius 3 is 2.90 bits per heavy atom. The Morgan fingerprint density at radius 1 is 1.43 bits per heavy atom. The van der Waals surface area contributed by atoms with Crippen molar-refractivity contribution in [3.8, 4) is 0 Å². The molecule has 1 fully saturated rings. The molecule has 7 nitrogen and oxygen atoms in total. The summed E-state index contributed by atoms with van der Waals surface area (Å²) < 4.78 is 18.8. The van der Waals surface area contributed by atoms with Crippen LogP contribution in [0.3, 0.4) is 0 Å². The lowest BCUT2D eigenvalue weighted by atomic mass is 9.95. The van der Waals surface area contributed by atoms with Gasteiger partial charge in [-0.25, -0.2) is 9.18 Å². The summed E-state index contributed by atoms with van der Waals surface area (Å²) >= 11 is 0. The summed E-state index contributed by atoms with van der Waals surface area (Å²) in [6.45, 7) is 3.81. The predicted molar refractivity (Wildman–Crippen MR) is 110 cm³/mol. The minimum absolute atomic E-state index is 0.0367. The zero-order chi connectivity index (χ0) is 21.9. The Balaban J connectivity index is 1.83. The number of aromatic amines is 1. The number of carbonyl (C=O) groups excluding carboxylic acids is 1. The molecule has 1 aromatic heterocycles. The van der Waals surface area contributed by atoms with Gasteiger partial charge in [-0.3, -0.25) is 4.90 Å². The highest BCUT2D eigenvalue weighted by Crippen LogP contribution is 2.37. The Labute approximate surface area is 174 Å².